The molecule has 23 heavy (non-hydrogen) atoms. The second-order valence-electron chi connectivity index (χ2n) is 6.73. The van der Waals surface area contributed by atoms with Crippen LogP contribution in [0.3, 0.4) is 0 Å². The lowest BCUT2D eigenvalue weighted by Gasteiger charge is -2.35. The van der Waals surface area contributed by atoms with Crippen LogP contribution in [0.25, 0.3) is 0 Å². The van der Waals surface area contributed by atoms with Crippen LogP contribution in [0.1, 0.15) is 50.0 Å². The van der Waals surface area contributed by atoms with Crippen LogP contribution >= 0.6 is 12.4 Å². The van der Waals surface area contributed by atoms with Crippen molar-refractivity contribution >= 4 is 18.3 Å². The van der Waals surface area contributed by atoms with Gasteiger partial charge in [-0.2, -0.15) is 0 Å². The third-order valence-electron chi connectivity index (χ3n) is 5.23. The number of carbonyl (C=O) groups excluding carboxylic acids is 1. The van der Waals surface area contributed by atoms with Crippen molar-refractivity contribution in [2.24, 2.45) is 5.73 Å². The highest BCUT2D eigenvalue weighted by Gasteiger charge is 2.40. The van der Waals surface area contributed by atoms with E-state index in [1.807, 2.05) is 17.0 Å². The van der Waals surface area contributed by atoms with Gasteiger partial charge in [0.2, 0.25) is 5.91 Å². The Labute approximate surface area is 144 Å². The van der Waals surface area contributed by atoms with Crippen LogP contribution in [0, 0.1) is 0 Å². The first-order chi connectivity index (χ1) is 10.6. The molecule has 3 rings (SSSR count). The smallest absolute Gasteiger partial charge is 0.242 e. The zero-order valence-corrected chi connectivity index (χ0v) is 14.6. The third-order valence-corrected chi connectivity index (χ3v) is 5.23. The Balaban J connectivity index is 0.00000192. The van der Waals surface area contributed by atoms with Gasteiger partial charge in [0.05, 0.1) is 12.6 Å². The van der Waals surface area contributed by atoms with Crippen LogP contribution in [0.5, 0.6) is 5.75 Å². The number of benzene rings is 1. The van der Waals surface area contributed by atoms with E-state index >= 15 is 0 Å². The number of carbonyl (C=O) groups is 1. The number of nitrogens with two attached hydrogens (primary N) is 1. The van der Waals surface area contributed by atoms with Crippen molar-refractivity contribution in [2.45, 2.75) is 50.0 Å². The molecule has 4 nitrogen and oxygen atoms in total. The summed E-state index contributed by atoms with van der Waals surface area (Å²) in [5, 5.41) is 0. The highest BCUT2D eigenvalue weighted by atomic mass is 35.5. The summed E-state index contributed by atoms with van der Waals surface area (Å²) in [4.78, 5) is 14.8. The van der Waals surface area contributed by atoms with Gasteiger partial charge in [-0.1, -0.05) is 31.4 Å². The molecule has 5 heteroatoms. The summed E-state index contributed by atoms with van der Waals surface area (Å²) < 4.78 is 5.20. The lowest BCUT2D eigenvalue weighted by Crippen LogP contribution is -2.55. The highest BCUT2D eigenvalue weighted by molar-refractivity contribution is 5.86. The predicted molar refractivity (Wildman–Crippen MR) is 94.2 cm³/mol. The third kappa shape index (κ3) is 3.81. The first kappa shape index (κ1) is 18.1. The van der Waals surface area contributed by atoms with Crippen LogP contribution in [0.15, 0.2) is 24.3 Å². The van der Waals surface area contributed by atoms with Crippen LogP contribution in [-0.4, -0.2) is 36.5 Å². The lowest BCUT2D eigenvalue weighted by atomic mass is 9.81. The van der Waals surface area contributed by atoms with Gasteiger partial charge < -0.3 is 15.4 Å². The first-order valence-corrected chi connectivity index (χ1v) is 8.34. The minimum Gasteiger partial charge on any atom is -0.497 e. The zero-order chi connectivity index (χ0) is 15.6. The van der Waals surface area contributed by atoms with Gasteiger partial charge in [-0.15, -0.1) is 12.4 Å². The fourth-order valence-corrected chi connectivity index (χ4v) is 3.80. The highest BCUT2D eigenvalue weighted by Crippen LogP contribution is 2.33. The molecule has 1 unspecified atom stereocenters. The standard InChI is InChI=1S/C18H26N2O2.ClH/c1-22-16-7-5-14(6-8-16)15-9-12-20(13-15)17(21)18(19)10-3-2-4-11-18;/h5-8,15H,2-4,9-13,19H2,1H3;1H. The van der Waals surface area contributed by atoms with E-state index in [1.54, 1.807) is 7.11 Å². The summed E-state index contributed by atoms with van der Waals surface area (Å²) >= 11 is 0. The lowest BCUT2D eigenvalue weighted by molar-refractivity contribution is -0.137. The molecule has 1 amide bonds. The molecule has 2 aliphatic rings. The molecule has 2 N–H and O–H groups in total. The largest absolute Gasteiger partial charge is 0.497 e. The van der Waals surface area contributed by atoms with Gasteiger partial charge in [-0.25, -0.2) is 0 Å². The monoisotopic (exact) mass is 338 g/mol. The number of ether oxygens (including phenoxy) is 1. The Bertz CT molecular complexity index is 526. The molecule has 1 aliphatic carbocycles. The molecule has 128 valence electrons. The van der Waals surface area contributed by atoms with Crippen molar-refractivity contribution in [2.75, 3.05) is 20.2 Å². The molecule has 1 saturated heterocycles. The maximum absolute atomic E-state index is 12.8. The van der Waals surface area contributed by atoms with Gasteiger partial charge in [0.1, 0.15) is 5.75 Å². The summed E-state index contributed by atoms with van der Waals surface area (Å²) in [5.74, 6) is 1.46. The Morgan fingerprint density at radius 3 is 2.48 bits per heavy atom. The van der Waals surface area contributed by atoms with Crippen LogP contribution in [-0.2, 0) is 4.79 Å². The number of amides is 1. The van der Waals surface area contributed by atoms with Crippen molar-refractivity contribution in [3.8, 4) is 5.75 Å². The van der Waals surface area contributed by atoms with E-state index in [9.17, 15) is 4.79 Å². The SMILES string of the molecule is COc1ccc(C2CCN(C(=O)C3(N)CCCCC3)C2)cc1.Cl. The van der Waals surface area contributed by atoms with Gasteiger partial charge in [0, 0.05) is 19.0 Å². The quantitative estimate of drug-likeness (QED) is 0.921. The Morgan fingerprint density at radius 2 is 1.87 bits per heavy atom. The van der Waals surface area contributed by atoms with E-state index in [4.69, 9.17) is 10.5 Å². The first-order valence-electron chi connectivity index (χ1n) is 8.34. The molecule has 2 fully saturated rings. The van der Waals surface area contributed by atoms with E-state index in [2.05, 4.69) is 12.1 Å². The Kier molecular flexibility index (Phi) is 5.93. The molecule has 1 heterocycles. The Hall–Kier alpha value is -1.26. The van der Waals surface area contributed by atoms with Crippen molar-refractivity contribution in [1.29, 1.82) is 0 Å². The molecule has 1 atom stereocenters. The number of hydrogen-bond acceptors (Lipinski definition) is 3. The normalized spacial score (nSPS) is 23.2. The fraction of sp³-hybridized carbons (Fsp3) is 0.611. The van der Waals surface area contributed by atoms with Gasteiger partial charge in [-0.3, -0.25) is 4.79 Å². The fourth-order valence-electron chi connectivity index (χ4n) is 3.80. The molecule has 0 spiro atoms. The minimum absolute atomic E-state index is 0. The molecule has 1 saturated carbocycles. The number of hydrogen-bond donors (Lipinski definition) is 1. The number of rotatable bonds is 3. The van der Waals surface area contributed by atoms with Crippen molar-refractivity contribution in [3.05, 3.63) is 29.8 Å². The summed E-state index contributed by atoms with van der Waals surface area (Å²) in [6.45, 7) is 1.62. The molecule has 0 aromatic heterocycles. The summed E-state index contributed by atoms with van der Waals surface area (Å²) in [7, 11) is 1.68. The second-order valence-corrected chi connectivity index (χ2v) is 6.73. The average molecular weight is 339 g/mol. The summed E-state index contributed by atoms with van der Waals surface area (Å²) in [6.07, 6.45) is 6.08. The van der Waals surface area contributed by atoms with Crippen molar-refractivity contribution in [1.82, 2.24) is 4.90 Å². The molecular weight excluding hydrogens is 312 g/mol. The van der Waals surface area contributed by atoms with E-state index in [0.717, 1.165) is 50.9 Å². The van der Waals surface area contributed by atoms with Crippen LogP contribution in [0.4, 0.5) is 0 Å². The van der Waals surface area contributed by atoms with Crippen LogP contribution < -0.4 is 10.5 Å². The minimum atomic E-state index is -0.604. The maximum atomic E-state index is 12.8. The molecule has 0 bridgehead atoms. The van der Waals surface area contributed by atoms with Crippen LogP contribution in [0.2, 0.25) is 0 Å². The average Bonchev–Trinajstić information content (AvgIpc) is 3.05. The second kappa shape index (κ2) is 7.54. The zero-order valence-electron chi connectivity index (χ0n) is 13.8. The predicted octanol–water partition coefficient (Wildman–Crippen LogP) is 3.09. The maximum Gasteiger partial charge on any atom is 0.242 e. The number of nitrogens with zero attached hydrogens (tertiary/aromatic N) is 1. The summed E-state index contributed by atoms with van der Waals surface area (Å²) in [6, 6.07) is 8.20. The number of halogens is 1. The Morgan fingerprint density at radius 1 is 1.22 bits per heavy atom. The number of methoxy groups -OCH3 is 1. The molecular formula is C18H27ClN2O2. The van der Waals surface area contributed by atoms with Gasteiger partial charge in [-0.05, 0) is 37.0 Å². The van der Waals surface area contributed by atoms with Gasteiger partial charge in [0.15, 0.2) is 0 Å². The van der Waals surface area contributed by atoms with E-state index in [1.165, 1.54) is 12.0 Å². The van der Waals surface area contributed by atoms with E-state index in [-0.39, 0.29) is 18.3 Å². The molecule has 0 radical (unpaired) electrons. The van der Waals surface area contributed by atoms with E-state index < -0.39 is 5.54 Å². The number of likely N-dealkylation sites (tertiary alicyclic amines) is 1. The van der Waals surface area contributed by atoms with Gasteiger partial charge >= 0.3 is 0 Å². The van der Waals surface area contributed by atoms with Crippen molar-refractivity contribution in [3.63, 3.8) is 0 Å². The topological polar surface area (TPSA) is 55.6 Å². The summed E-state index contributed by atoms with van der Waals surface area (Å²) in [5.41, 5.74) is 7.08. The molecule has 1 aromatic rings. The van der Waals surface area contributed by atoms with E-state index in [0.29, 0.717) is 5.92 Å². The van der Waals surface area contributed by atoms with Crippen molar-refractivity contribution < 1.29 is 9.53 Å². The molecule has 1 aliphatic heterocycles. The van der Waals surface area contributed by atoms with Gasteiger partial charge in [0.25, 0.3) is 0 Å². The molecule has 1 aromatic carbocycles.